The van der Waals surface area contributed by atoms with E-state index >= 15 is 0 Å². The molecule has 0 radical (unpaired) electrons. The quantitative estimate of drug-likeness (QED) is 0.331. The van der Waals surface area contributed by atoms with Crippen molar-refractivity contribution in [1.29, 1.82) is 0 Å². The second-order valence-electron chi connectivity index (χ2n) is 3.46. The van der Waals surface area contributed by atoms with Crippen LogP contribution in [0.4, 0.5) is 9.59 Å². The molecule has 1 unspecified atom stereocenters. The van der Waals surface area contributed by atoms with Gasteiger partial charge < -0.3 is 15.4 Å². The van der Waals surface area contributed by atoms with Gasteiger partial charge in [0.15, 0.2) is 0 Å². The van der Waals surface area contributed by atoms with Gasteiger partial charge in [-0.25, -0.2) is 4.79 Å². The number of ether oxygens (including phenoxy) is 1. The maximum Gasteiger partial charge on any atom is 0.408 e. The molecule has 0 spiro atoms. The summed E-state index contributed by atoms with van der Waals surface area (Å²) in [5.41, 5.74) is 8.04. The van der Waals surface area contributed by atoms with E-state index < -0.39 is 18.3 Å². The van der Waals surface area contributed by atoms with Crippen molar-refractivity contribution in [3.8, 4) is 0 Å². The van der Waals surface area contributed by atoms with E-state index in [0.717, 1.165) is 0 Å². The number of nitrogens with one attached hydrogen (secondary N) is 2. The minimum absolute atomic E-state index is 0.244. The van der Waals surface area contributed by atoms with Gasteiger partial charge in [0.1, 0.15) is 6.17 Å². The number of methoxy groups -OCH3 is 1. The second-order valence-corrected chi connectivity index (χ2v) is 3.46. The Labute approximate surface area is 93.0 Å². The van der Waals surface area contributed by atoms with Crippen LogP contribution < -0.4 is 10.6 Å². The number of alkyl carbamates (subject to hydrolysis) is 1. The van der Waals surface area contributed by atoms with Gasteiger partial charge in [0.25, 0.3) is 0 Å². The number of nitrogens with zero attached hydrogens (tertiary/aromatic N) is 3. The van der Waals surface area contributed by atoms with Gasteiger partial charge in [0.05, 0.1) is 7.11 Å². The predicted octanol–water partition coefficient (Wildman–Crippen LogP) is 1.73. The van der Waals surface area contributed by atoms with Crippen LogP contribution in [0.15, 0.2) is 5.11 Å². The highest BCUT2D eigenvalue weighted by Crippen LogP contribution is 2.03. The monoisotopic (exact) mass is 229 g/mol. The maximum absolute atomic E-state index is 11.0. The Bertz CT molecular complexity index is 298. The van der Waals surface area contributed by atoms with Crippen LogP contribution in [0, 0.1) is 5.92 Å². The molecule has 0 bridgehead atoms. The molecule has 0 rings (SSSR count). The minimum atomic E-state index is -0.843. The Kier molecular flexibility index (Phi) is 6.46. The Morgan fingerprint density at radius 3 is 2.50 bits per heavy atom. The molecule has 0 fully saturated rings. The number of urea groups is 1. The highest BCUT2D eigenvalue weighted by molar-refractivity contribution is 5.76. The first-order chi connectivity index (χ1) is 7.49. The first-order valence-electron chi connectivity index (χ1n) is 4.69. The molecular formula is C8H15N5O3. The summed E-state index contributed by atoms with van der Waals surface area (Å²) >= 11 is 0. The van der Waals surface area contributed by atoms with E-state index in [1.165, 1.54) is 7.11 Å². The van der Waals surface area contributed by atoms with Crippen LogP contribution >= 0.6 is 0 Å². The molecule has 1 atom stereocenters. The van der Waals surface area contributed by atoms with Gasteiger partial charge in [0, 0.05) is 10.0 Å². The van der Waals surface area contributed by atoms with E-state index in [0.29, 0.717) is 6.42 Å². The average Bonchev–Trinajstić information content (AvgIpc) is 2.16. The highest BCUT2D eigenvalue weighted by atomic mass is 16.5. The summed E-state index contributed by atoms with van der Waals surface area (Å²) in [6.07, 6.45) is -0.778. The van der Waals surface area contributed by atoms with Crippen LogP contribution in [-0.4, -0.2) is 25.4 Å². The lowest BCUT2D eigenvalue weighted by Crippen LogP contribution is -2.47. The number of carbonyl (C=O) groups is 2. The van der Waals surface area contributed by atoms with Crippen molar-refractivity contribution in [1.82, 2.24) is 10.6 Å². The molecule has 0 aliphatic rings. The lowest BCUT2D eigenvalue weighted by Gasteiger charge is -2.19. The average molecular weight is 229 g/mol. The first-order valence-corrected chi connectivity index (χ1v) is 4.69. The molecule has 0 heterocycles. The van der Waals surface area contributed by atoms with E-state index in [4.69, 9.17) is 5.53 Å². The van der Waals surface area contributed by atoms with Crippen molar-refractivity contribution in [2.24, 2.45) is 11.0 Å². The van der Waals surface area contributed by atoms with Gasteiger partial charge in [-0.2, -0.15) is 0 Å². The molecular weight excluding hydrogens is 214 g/mol. The van der Waals surface area contributed by atoms with Crippen molar-refractivity contribution >= 4 is 12.1 Å². The van der Waals surface area contributed by atoms with Crippen molar-refractivity contribution < 1.29 is 14.3 Å². The SMILES string of the molecule is COC(=O)NC(CC(C)C)NC(=O)N=[N+]=[N-]. The summed E-state index contributed by atoms with van der Waals surface area (Å²) < 4.78 is 4.40. The number of carbonyl (C=O) groups excluding carboxylic acids is 2. The molecule has 2 N–H and O–H groups in total. The van der Waals surface area contributed by atoms with Crippen LogP contribution in [0.2, 0.25) is 0 Å². The second kappa shape index (κ2) is 7.36. The first kappa shape index (κ1) is 14.1. The number of amides is 3. The molecule has 8 heteroatoms. The molecule has 8 nitrogen and oxygen atoms in total. The van der Waals surface area contributed by atoms with E-state index in [2.05, 4.69) is 25.4 Å². The van der Waals surface area contributed by atoms with Crippen molar-refractivity contribution in [3.63, 3.8) is 0 Å². The fourth-order valence-corrected chi connectivity index (χ4v) is 1.05. The molecule has 0 saturated carbocycles. The van der Waals surface area contributed by atoms with E-state index in [1.54, 1.807) is 0 Å². The third-order valence-corrected chi connectivity index (χ3v) is 1.62. The normalized spacial score (nSPS) is 11.2. The van der Waals surface area contributed by atoms with Crippen LogP contribution in [0.3, 0.4) is 0 Å². The summed E-state index contributed by atoms with van der Waals surface area (Å²) in [6.45, 7) is 3.84. The molecule has 0 aliphatic heterocycles. The van der Waals surface area contributed by atoms with Crippen LogP contribution in [0.1, 0.15) is 20.3 Å². The third-order valence-electron chi connectivity index (χ3n) is 1.62. The fourth-order valence-electron chi connectivity index (χ4n) is 1.05. The Hall–Kier alpha value is -1.95. The van der Waals surface area contributed by atoms with E-state index in [-0.39, 0.29) is 5.92 Å². The zero-order valence-corrected chi connectivity index (χ0v) is 9.43. The summed E-state index contributed by atoms with van der Waals surface area (Å²) in [4.78, 5) is 24.3. The molecule has 0 saturated heterocycles. The van der Waals surface area contributed by atoms with Gasteiger partial charge in [0.2, 0.25) is 0 Å². The third kappa shape index (κ3) is 6.50. The number of azide groups is 1. The van der Waals surface area contributed by atoms with Gasteiger partial charge in [-0.3, -0.25) is 4.79 Å². The van der Waals surface area contributed by atoms with E-state index in [9.17, 15) is 9.59 Å². The maximum atomic E-state index is 11.0. The highest BCUT2D eigenvalue weighted by Gasteiger charge is 2.15. The molecule has 90 valence electrons. The Balaban J connectivity index is 4.35. The zero-order valence-electron chi connectivity index (χ0n) is 9.43. The van der Waals surface area contributed by atoms with Gasteiger partial charge in [-0.15, -0.1) is 0 Å². The Morgan fingerprint density at radius 2 is 2.06 bits per heavy atom. The molecule has 0 aromatic carbocycles. The minimum Gasteiger partial charge on any atom is -0.453 e. The van der Waals surface area contributed by atoms with Crippen molar-refractivity contribution in [2.45, 2.75) is 26.4 Å². The lowest BCUT2D eigenvalue weighted by atomic mass is 10.1. The fraction of sp³-hybridized carbons (Fsp3) is 0.750. The standard InChI is InChI=1S/C8H15N5O3/c1-5(2)4-6(11-8(15)16-3)10-7(14)12-13-9/h5-6H,4H2,1-3H3,(H,10,14)(H,11,15). The summed E-state index contributed by atoms with van der Waals surface area (Å²) in [5, 5.41) is 7.60. The summed E-state index contributed by atoms with van der Waals surface area (Å²) in [6, 6.07) is -0.843. The smallest absolute Gasteiger partial charge is 0.408 e. The van der Waals surface area contributed by atoms with Gasteiger partial charge >= 0.3 is 12.1 Å². The van der Waals surface area contributed by atoms with Crippen LogP contribution in [0.25, 0.3) is 10.4 Å². The van der Waals surface area contributed by atoms with Gasteiger partial charge in [-0.05, 0) is 17.9 Å². The topological polar surface area (TPSA) is 116 Å². The number of rotatable bonds is 4. The van der Waals surface area contributed by atoms with Crippen LogP contribution in [-0.2, 0) is 4.74 Å². The van der Waals surface area contributed by atoms with Crippen molar-refractivity contribution in [3.05, 3.63) is 10.4 Å². The molecule has 3 amide bonds. The van der Waals surface area contributed by atoms with Crippen molar-refractivity contribution in [2.75, 3.05) is 7.11 Å². The largest absolute Gasteiger partial charge is 0.453 e. The predicted molar refractivity (Wildman–Crippen MR) is 56.5 cm³/mol. The molecule has 0 aliphatic carbocycles. The van der Waals surface area contributed by atoms with Crippen LogP contribution in [0.5, 0.6) is 0 Å². The number of hydrogen-bond acceptors (Lipinski definition) is 3. The molecule has 0 aromatic rings. The molecule has 16 heavy (non-hydrogen) atoms. The summed E-state index contributed by atoms with van der Waals surface area (Å²) in [7, 11) is 1.22. The Morgan fingerprint density at radius 1 is 1.44 bits per heavy atom. The molecule has 0 aromatic heterocycles. The number of hydrogen-bond donors (Lipinski definition) is 2. The van der Waals surface area contributed by atoms with E-state index in [1.807, 2.05) is 13.8 Å². The lowest BCUT2D eigenvalue weighted by molar-refractivity contribution is 0.162. The zero-order chi connectivity index (χ0) is 12.6. The summed E-state index contributed by atoms with van der Waals surface area (Å²) in [5.74, 6) is 0.244. The van der Waals surface area contributed by atoms with Gasteiger partial charge in [-0.1, -0.05) is 13.8 Å².